The Kier molecular flexibility index (Phi) is 9.31. The minimum atomic E-state index is -4.78. The average Bonchev–Trinajstić information content (AvgIpc) is 3.26. The maximum absolute atomic E-state index is 14.1. The van der Waals surface area contributed by atoms with Gasteiger partial charge in [0.25, 0.3) is 0 Å². The molecule has 0 saturated heterocycles. The van der Waals surface area contributed by atoms with E-state index in [-0.39, 0.29) is 42.8 Å². The van der Waals surface area contributed by atoms with Crippen molar-refractivity contribution in [1.29, 1.82) is 0 Å². The highest BCUT2D eigenvalue weighted by Crippen LogP contribution is 2.52. The van der Waals surface area contributed by atoms with E-state index in [0.29, 0.717) is 46.8 Å². The molecule has 1 fully saturated rings. The summed E-state index contributed by atoms with van der Waals surface area (Å²) in [5, 5.41) is 27.3. The van der Waals surface area contributed by atoms with Gasteiger partial charge in [-0.05, 0) is 61.9 Å². The number of hydrogen-bond donors (Lipinski definition) is 4. The maximum atomic E-state index is 14.1. The number of nitrogens with zero attached hydrogens (tertiary/aromatic N) is 3. The van der Waals surface area contributed by atoms with E-state index in [1.54, 1.807) is 57.4 Å². The second-order valence-corrected chi connectivity index (χ2v) is 12.8. The number of aryl methyl sites for hydroxylation is 1. The van der Waals surface area contributed by atoms with Crippen molar-refractivity contribution in [2.24, 2.45) is 7.05 Å². The summed E-state index contributed by atoms with van der Waals surface area (Å²) in [5.41, 5.74) is 0.964. The van der Waals surface area contributed by atoms with E-state index in [2.05, 4.69) is 20.6 Å². The van der Waals surface area contributed by atoms with Crippen molar-refractivity contribution < 1.29 is 41.7 Å². The third-order valence-electron chi connectivity index (χ3n) is 7.60. The highest BCUT2D eigenvalue weighted by atomic mass is 31.2. The van der Waals surface area contributed by atoms with Crippen LogP contribution in [0.2, 0.25) is 0 Å². The number of benzene rings is 2. The van der Waals surface area contributed by atoms with Gasteiger partial charge in [-0.2, -0.15) is 18.2 Å². The first kappa shape index (κ1) is 32.6. The Morgan fingerprint density at radius 2 is 1.78 bits per heavy atom. The number of methoxy groups -OCH3 is 1. The van der Waals surface area contributed by atoms with Crippen LogP contribution in [0.25, 0.3) is 10.8 Å². The van der Waals surface area contributed by atoms with Gasteiger partial charge in [-0.1, -0.05) is 12.1 Å². The van der Waals surface area contributed by atoms with Crippen LogP contribution in [-0.4, -0.2) is 51.2 Å². The van der Waals surface area contributed by atoms with Crippen molar-refractivity contribution in [3.8, 4) is 11.6 Å². The summed E-state index contributed by atoms with van der Waals surface area (Å²) >= 11 is 0. The third-order valence-corrected chi connectivity index (χ3v) is 9.66. The van der Waals surface area contributed by atoms with Crippen LogP contribution in [0.3, 0.4) is 0 Å². The first-order valence-electron chi connectivity index (χ1n) is 14.4. The van der Waals surface area contributed by atoms with Crippen LogP contribution in [0, 0.1) is 0 Å². The Bertz CT molecular complexity index is 1730. The zero-order chi connectivity index (χ0) is 32.5. The van der Waals surface area contributed by atoms with Gasteiger partial charge in [-0.25, -0.2) is 4.98 Å². The Labute approximate surface area is 257 Å². The highest BCUT2D eigenvalue weighted by molar-refractivity contribution is 7.53. The molecule has 4 aromatic rings. The summed E-state index contributed by atoms with van der Waals surface area (Å²) in [6.45, 7) is 3.85. The lowest BCUT2D eigenvalue weighted by Gasteiger charge is -2.32. The quantitative estimate of drug-likeness (QED) is 0.117. The molecule has 0 bridgehead atoms. The molecule has 2 aromatic carbocycles. The zero-order valence-corrected chi connectivity index (χ0v) is 26.1. The van der Waals surface area contributed by atoms with Gasteiger partial charge in [-0.15, -0.1) is 0 Å². The van der Waals surface area contributed by atoms with Gasteiger partial charge in [0.05, 0.1) is 49.4 Å². The Morgan fingerprint density at radius 1 is 1.09 bits per heavy atom. The first-order valence-corrected chi connectivity index (χ1v) is 16.1. The Balaban J connectivity index is 1.48. The number of fused-ring (bicyclic) bond motifs is 1. The van der Waals surface area contributed by atoms with Crippen molar-refractivity contribution in [2.75, 3.05) is 31.0 Å². The van der Waals surface area contributed by atoms with Crippen LogP contribution < -0.4 is 15.4 Å². The van der Waals surface area contributed by atoms with Gasteiger partial charge in [-0.3, -0.25) is 4.57 Å². The molecule has 2 heterocycles. The molecule has 0 radical (unpaired) electrons. The maximum Gasteiger partial charge on any atom is 0.421 e. The van der Waals surface area contributed by atoms with Gasteiger partial charge in [0.2, 0.25) is 11.8 Å². The largest absolute Gasteiger partial charge is 0.495 e. The molecular weight excluding hydrogens is 614 g/mol. The Hall–Kier alpha value is -3.84. The molecule has 0 unspecified atom stereocenters. The van der Waals surface area contributed by atoms with Crippen molar-refractivity contribution in [2.45, 2.75) is 51.0 Å². The molecule has 0 atom stereocenters. The van der Waals surface area contributed by atoms with Crippen LogP contribution >= 0.6 is 7.60 Å². The second-order valence-electron chi connectivity index (χ2n) is 10.7. The van der Waals surface area contributed by atoms with Crippen LogP contribution in [0.15, 0.2) is 42.7 Å². The molecule has 0 spiro atoms. The van der Waals surface area contributed by atoms with E-state index >= 15 is 0 Å². The number of aliphatic hydroxyl groups is 1. The molecule has 5 rings (SSSR count). The molecule has 1 saturated carbocycles. The topological polar surface area (TPSA) is 140 Å². The molecule has 1 aliphatic carbocycles. The zero-order valence-electron chi connectivity index (χ0n) is 25.2. The summed E-state index contributed by atoms with van der Waals surface area (Å²) in [5.74, 6) is -0.428. The second kappa shape index (κ2) is 12.9. The van der Waals surface area contributed by atoms with Gasteiger partial charge in [0.1, 0.15) is 17.1 Å². The van der Waals surface area contributed by atoms with E-state index in [1.165, 1.54) is 11.7 Å². The molecule has 15 heteroatoms. The fourth-order valence-electron chi connectivity index (χ4n) is 5.42. The van der Waals surface area contributed by atoms with Crippen molar-refractivity contribution in [3.05, 3.63) is 59.4 Å². The monoisotopic (exact) mass is 649 g/mol. The van der Waals surface area contributed by atoms with Gasteiger partial charge < -0.3 is 39.2 Å². The molecule has 11 nitrogen and oxygen atoms in total. The van der Waals surface area contributed by atoms with Crippen molar-refractivity contribution >= 4 is 41.5 Å². The van der Waals surface area contributed by atoms with Gasteiger partial charge in [0, 0.05) is 24.8 Å². The number of ether oxygens (including phenoxy) is 1. The minimum absolute atomic E-state index is 0.00289. The van der Waals surface area contributed by atoms with E-state index in [1.807, 2.05) is 0 Å². The number of hydrogen-bond acceptors (Lipinski definition) is 10. The van der Waals surface area contributed by atoms with Gasteiger partial charge >= 0.3 is 13.8 Å². The Morgan fingerprint density at radius 3 is 2.40 bits per heavy atom. The summed E-state index contributed by atoms with van der Waals surface area (Å²) in [6, 6.07) is 8.27. The smallest absolute Gasteiger partial charge is 0.421 e. The molecule has 4 N–H and O–H groups in total. The number of aromatic nitrogens is 3. The van der Waals surface area contributed by atoms with E-state index in [4.69, 9.17) is 13.8 Å². The number of rotatable bonds is 12. The highest BCUT2D eigenvalue weighted by Gasteiger charge is 2.36. The van der Waals surface area contributed by atoms with E-state index in [0.717, 1.165) is 5.56 Å². The lowest BCUT2D eigenvalue weighted by molar-refractivity contribution is -0.137. The van der Waals surface area contributed by atoms with Crippen LogP contribution in [0.5, 0.6) is 11.6 Å². The molecule has 45 heavy (non-hydrogen) atoms. The number of alkyl halides is 3. The molecular formula is C30H35F3N5O6P. The average molecular weight is 650 g/mol. The lowest BCUT2D eigenvalue weighted by atomic mass is 9.76. The van der Waals surface area contributed by atoms with Crippen LogP contribution in [0.1, 0.15) is 49.3 Å². The van der Waals surface area contributed by atoms with Crippen molar-refractivity contribution in [3.63, 3.8) is 0 Å². The predicted octanol–water partition coefficient (Wildman–Crippen LogP) is 7.19. The lowest BCUT2D eigenvalue weighted by Crippen LogP contribution is -2.26. The number of anilines is 4. The molecule has 0 amide bonds. The molecule has 2 aromatic heterocycles. The fourth-order valence-corrected chi connectivity index (χ4v) is 7.11. The summed E-state index contributed by atoms with van der Waals surface area (Å²) in [4.78, 5) is 8.06. The summed E-state index contributed by atoms with van der Waals surface area (Å²) < 4.78 is 73.0. The number of nitrogens with one attached hydrogen (secondary N) is 2. The van der Waals surface area contributed by atoms with Gasteiger partial charge in [0.15, 0.2) is 0 Å². The van der Waals surface area contributed by atoms with Crippen LogP contribution in [0.4, 0.5) is 36.3 Å². The predicted molar refractivity (Wildman–Crippen MR) is 164 cm³/mol. The van der Waals surface area contributed by atoms with E-state index in [9.17, 15) is 27.9 Å². The molecule has 1 aliphatic rings. The SMILES string of the molecule is CCOP(=O)(Cc1ccc(Nc2ncc(C(F)(F)F)c(Nc3ccc(C4CC(O)C4)c4cn(C)c(O)c34)n2)c(OC)c1)OCC. The van der Waals surface area contributed by atoms with Crippen molar-refractivity contribution in [1.82, 2.24) is 14.5 Å². The molecule has 242 valence electrons. The minimum Gasteiger partial charge on any atom is -0.495 e. The third kappa shape index (κ3) is 6.89. The van der Waals surface area contributed by atoms with Crippen LogP contribution in [-0.2, 0) is 33.0 Å². The summed E-state index contributed by atoms with van der Waals surface area (Å²) in [6.07, 6.45) is -1.66. The number of halogens is 3. The standard InChI is InChI=1S/C30H35F3N5O6P/c1-5-43-45(41,44-6-2)16-17-7-9-23(25(11-17)42-4)36-29-34-14-22(30(31,32)33)27(37-29)35-24-10-8-20(18-12-19(39)13-18)21-15-38(3)28(40)26(21)24/h7-11,14-15,18-19,39-40H,5-6,12-13,16H2,1-4H3,(H2,34,35,36,37). The fraction of sp³-hybridized carbons (Fsp3) is 0.400. The van der Waals surface area contributed by atoms with E-state index < -0.39 is 31.3 Å². The number of aliphatic hydroxyl groups excluding tert-OH is 1. The first-order chi connectivity index (χ1) is 21.4. The summed E-state index contributed by atoms with van der Waals surface area (Å²) in [7, 11) is -0.336. The normalized spacial score (nSPS) is 16.9. The molecule has 0 aliphatic heterocycles. The number of aromatic hydroxyl groups is 1.